The molecule has 1 aliphatic heterocycles. The molecule has 7 heteroatoms. The molecule has 1 amide bonds. The Bertz CT molecular complexity index is 751. The highest BCUT2D eigenvalue weighted by Crippen LogP contribution is 2.20. The van der Waals surface area contributed by atoms with Gasteiger partial charge in [0.15, 0.2) is 0 Å². The summed E-state index contributed by atoms with van der Waals surface area (Å²) in [6.45, 7) is 1.42. The number of benzene rings is 1. The highest BCUT2D eigenvalue weighted by molar-refractivity contribution is 6.31. The van der Waals surface area contributed by atoms with Crippen LogP contribution in [0.5, 0.6) is 0 Å². The Morgan fingerprint density at radius 1 is 1.25 bits per heavy atom. The van der Waals surface area contributed by atoms with Gasteiger partial charge in [0.05, 0.1) is 24.2 Å². The molecule has 3 rings (SSSR count). The predicted octanol–water partition coefficient (Wildman–Crippen LogP) is 2.52. The van der Waals surface area contributed by atoms with Gasteiger partial charge >= 0.3 is 5.97 Å². The largest absolute Gasteiger partial charge is 0.481 e. The maximum Gasteiger partial charge on any atom is 0.306 e. The molecule has 24 heavy (non-hydrogen) atoms. The zero-order chi connectivity index (χ0) is 17.1. The molecule has 0 radical (unpaired) electrons. The van der Waals surface area contributed by atoms with Crippen LogP contribution in [0, 0.1) is 5.92 Å². The number of hydrogen-bond acceptors (Lipinski definition) is 3. The van der Waals surface area contributed by atoms with Gasteiger partial charge in [-0.05, 0) is 24.5 Å². The number of amides is 1. The number of nitrogens with zero attached hydrogens (tertiary/aromatic N) is 3. The summed E-state index contributed by atoms with van der Waals surface area (Å²) in [6.07, 6.45) is 4.24. The third kappa shape index (κ3) is 3.59. The number of carbonyl (C=O) groups is 2. The molecule has 1 fully saturated rings. The van der Waals surface area contributed by atoms with Gasteiger partial charge in [-0.3, -0.25) is 14.3 Å². The van der Waals surface area contributed by atoms with Crippen molar-refractivity contribution in [3.63, 3.8) is 0 Å². The first kappa shape index (κ1) is 16.5. The zero-order valence-electron chi connectivity index (χ0n) is 13.1. The molecular weight excluding hydrogens is 330 g/mol. The van der Waals surface area contributed by atoms with E-state index in [9.17, 15) is 9.59 Å². The van der Waals surface area contributed by atoms with Crippen LogP contribution < -0.4 is 0 Å². The summed E-state index contributed by atoms with van der Waals surface area (Å²) >= 11 is 6.14. The lowest BCUT2D eigenvalue weighted by Crippen LogP contribution is -2.40. The molecule has 126 valence electrons. The van der Waals surface area contributed by atoms with Gasteiger partial charge < -0.3 is 10.0 Å². The Kier molecular flexibility index (Phi) is 4.85. The molecule has 1 saturated heterocycles. The minimum absolute atomic E-state index is 0.107. The van der Waals surface area contributed by atoms with E-state index in [1.165, 1.54) is 0 Å². The average Bonchev–Trinajstić information content (AvgIpc) is 3.05. The second-order valence-corrected chi connectivity index (χ2v) is 6.33. The number of carboxylic acids is 1. The summed E-state index contributed by atoms with van der Waals surface area (Å²) in [5.41, 5.74) is 1.44. The highest BCUT2D eigenvalue weighted by atomic mass is 35.5. The summed E-state index contributed by atoms with van der Waals surface area (Å²) in [5, 5.41) is 13.9. The Morgan fingerprint density at radius 3 is 2.62 bits per heavy atom. The van der Waals surface area contributed by atoms with Gasteiger partial charge in [0, 0.05) is 24.3 Å². The fraction of sp³-hybridized carbons (Fsp3) is 0.353. The predicted molar refractivity (Wildman–Crippen MR) is 89.0 cm³/mol. The molecule has 1 aliphatic rings. The molecule has 0 unspecified atom stereocenters. The summed E-state index contributed by atoms with van der Waals surface area (Å²) in [4.78, 5) is 25.2. The first-order valence-corrected chi connectivity index (χ1v) is 8.20. The molecule has 6 nitrogen and oxygen atoms in total. The van der Waals surface area contributed by atoms with Gasteiger partial charge in [0.1, 0.15) is 0 Å². The topological polar surface area (TPSA) is 75.4 Å². The molecule has 0 aliphatic carbocycles. The van der Waals surface area contributed by atoms with E-state index in [1.807, 2.05) is 24.3 Å². The van der Waals surface area contributed by atoms with Gasteiger partial charge in [-0.15, -0.1) is 0 Å². The minimum atomic E-state index is -0.783. The summed E-state index contributed by atoms with van der Waals surface area (Å²) < 4.78 is 1.68. The summed E-state index contributed by atoms with van der Waals surface area (Å²) in [6, 6.07) is 7.51. The molecule has 0 saturated carbocycles. The van der Waals surface area contributed by atoms with Crippen LogP contribution in [0.4, 0.5) is 0 Å². The van der Waals surface area contributed by atoms with Crippen molar-refractivity contribution in [1.82, 2.24) is 14.7 Å². The van der Waals surface area contributed by atoms with E-state index in [0.717, 1.165) is 5.56 Å². The molecule has 1 aromatic heterocycles. The smallest absolute Gasteiger partial charge is 0.306 e. The van der Waals surface area contributed by atoms with E-state index in [0.29, 0.717) is 43.1 Å². The monoisotopic (exact) mass is 347 g/mol. The molecule has 1 N–H and O–H groups in total. The number of hydrogen-bond donors (Lipinski definition) is 1. The van der Waals surface area contributed by atoms with Gasteiger partial charge in [-0.1, -0.05) is 29.8 Å². The van der Waals surface area contributed by atoms with Crippen LogP contribution in [-0.2, 0) is 11.3 Å². The second-order valence-electron chi connectivity index (χ2n) is 5.92. The van der Waals surface area contributed by atoms with Crippen molar-refractivity contribution in [2.24, 2.45) is 5.92 Å². The Morgan fingerprint density at radius 2 is 1.96 bits per heavy atom. The lowest BCUT2D eigenvalue weighted by molar-refractivity contribution is -0.143. The fourth-order valence-electron chi connectivity index (χ4n) is 2.87. The summed E-state index contributed by atoms with van der Waals surface area (Å²) in [7, 11) is 0. The quantitative estimate of drug-likeness (QED) is 0.922. The summed E-state index contributed by atoms with van der Waals surface area (Å²) in [5.74, 6) is -1.24. The maximum atomic E-state index is 12.5. The molecule has 2 heterocycles. The number of likely N-dealkylation sites (tertiary alicyclic amines) is 1. The van der Waals surface area contributed by atoms with Crippen molar-refractivity contribution in [3.05, 3.63) is 52.8 Å². The van der Waals surface area contributed by atoms with Crippen molar-refractivity contribution < 1.29 is 14.7 Å². The van der Waals surface area contributed by atoms with E-state index in [1.54, 1.807) is 22.0 Å². The SMILES string of the molecule is O=C(O)C1CCN(C(=O)c2cnn(Cc3ccccc3Cl)c2)CC1. The van der Waals surface area contributed by atoms with Crippen LogP contribution in [0.15, 0.2) is 36.7 Å². The number of rotatable bonds is 4. The number of halogens is 1. The Hall–Kier alpha value is -2.34. The number of carbonyl (C=O) groups excluding carboxylic acids is 1. The van der Waals surface area contributed by atoms with E-state index in [-0.39, 0.29) is 11.8 Å². The Balaban J connectivity index is 1.64. The van der Waals surface area contributed by atoms with Crippen molar-refractivity contribution in [2.45, 2.75) is 19.4 Å². The lowest BCUT2D eigenvalue weighted by atomic mass is 9.97. The van der Waals surface area contributed by atoms with Crippen LogP contribution in [0.1, 0.15) is 28.8 Å². The van der Waals surface area contributed by atoms with Crippen LogP contribution in [0.2, 0.25) is 5.02 Å². The van der Waals surface area contributed by atoms with Crippen LogP contribution >= 0.6 is 11.6 Å². The average molecular weight is 348 g/mol. The molecule has 0 bridgehead atoms. The van der Waals surface area contributed by atoms with Gasteiger partial charge in [0.25, 0.3) is 5.91 Å². The van der Waals surface area contributed by atoms with Crippen molar-refractivity contribution in [3.8, 4) is 0 Å². The number of aromatic nitrogens is 2. The van der Waals surface area contributed by atoms with Gasteiger partial charge in [-0.25, -0.2) is 0 Å². The zero-order valence-corrected chi connectivity index (χ0v) is 13.8. The van der Waals surface area contributed by atoms with Gasteiger partial charge in [-0.2, -0.15) is 5.10 Å². The standard InChI is InChI=1S/C17H18ClN3O3/c18-15-4-2-1-3-13(15)10-21-11-14(9-19-21)16(22)20-7-5-12(6-8-20)17(23)24/h1-4,9,11-12H,5-8,10H2,(H,23,24). The van der Waals surface area contributed by atoms with Crippen molar-refractivity contribution in [2.75, 3.05) is 13.1 Å². The molecular formula is C17H18ClN3O3. The lowest BCUT2D eigenvalue weighted by Gasteiger charge is -2.29. The van der Waals surface area contributed by atoms with Crippen molar-refractivity contribution in [1.29, 1.82) is 0 Å². The van der Waals surface area contributed by atoms with Crippen molar-refractivity contribution >= 4 is 23.5 Å². The van der Waals surface area contributed by atoms with Gasteiger partial charge in [0.2, 0.25) is 0 Å². The molecule has 0 atom stereocenters. The normalized spacial score (nSPS) is 15.5. The van der Waals surface area contributed by atoms with Crippen LogP contribution in [0.3, 0.4) is 0 Å². The van der Waals surface area contributed by atoms with Crippen LogP contribution in [-0.4, -0.2) is 44.8 Å². The number of aliphatic carboxylic acids is 1. The second kappa shape index (κ2) is 7.05. The molecule has 0 spiro atoms. The molecule has 1 aromatic carbocycles. The maximum absolute atomic E-state index is 12.5. The highest BCUT2D eigenvalue weighted by Gasteiger charge is 2.27. The third-order valence-electron chi connectivity index (χ3n) is 4.30. The van der Waals surface area contributed by atoms with E-state index in [2.05, 4.69) is 5.10 Å². The number of piperidine rings is 1. The minimum Gasteiger partial charge on any atom is -0.481 e. The first-order chi connectivity index (χ1) is 11.5. The third-order valence-corrected chi connectivity index (χ3v) is 4.67. The fourth-order valence-corrected chi connectivity index (χ4v) is 3.07. The number of carboxylic acid groups (broad SMARTS) is 1. The van der Waals surface area contributed by atoms with E-state index in [4.69, 9.17) is 16.7 Å². The van der Waals surface area contributed by atoms with E-state index >= 15 is 0 Å². The first-order valence-electron chi connectivity index (χ1n) is 7.82. The van der Waals surface area contributed by atoms with Crippen LogP contribution in [0.25, 0.3) is 0 Å². The Labute approximate surface area is 144 Å². The van der Waals surface area contributed by atoms with E-state index < -0.39 is 5.97 Å². The molecule has 2 aromatic rings.